The molecule has 0 bridgehead atoms. The minimum absolute atomic E-state index is 0.0194. The predicted molar refractivity (Wildman–Crippen MR) is 129 cm³/mol. The van der Waals surface area contributed by atoms with Gasteiger partial charge in [0.05, 0.1) is 12.8 Å². The summed E-state index contributed by atoms with van der Waals surface area (Å²) in [6.45, 7) is 3.32. The van der Waals surface area contributed by atoms with E-state index in [0.717, 1.165) is 11.3 Å². The molecule has 174 valence electrons. The maximum absolute atomic E-state index is 12.9. The quantitative estimate of drug-likeness (QED) is 0.379. The van der Waals surface area contributed by atoms with Crippen molar-refractivity contribution in [2.45, 2.75) is 13.8 Å². The lowest BCUT2D eigenvalue weighted by atomic mass is 10.1. The molecule has 0 fully saturated rings. The lowest BCUT2D eigenvalue weighted by molar-refractivity contribution is 0.0598. The number of aromatic nitrogens is 2. The molecular formula is C26H21N5O4. The van der Waals surface area contributed by atoms with Gasteiger partial charge in [-0.3, -0.25) is 10.1 Å². The van der Waals surface area contributed by atoms with Crippen molar-refractivity contribution in [1.29, 1.82) is 5.26 Å². The van der Waals surface area contributed by atoms with Crippen LogP contribution in [-0.4, -0.2) is 29.0 Å². The van der Waals surface area contributed by atoms with Gasteiger partial charge in [-0.05, 0) is 32.0 Å². The van der Waals surface area contributed by atoms with E-state index in [9.17, 15) is 14.9 Å². The third kappa shape index (κ3) is 5.02. The summed E-state index contributed by atoms with van der Waals surface area (Å²) in [5, 5.41) is 15.2. The van der Waals surface area contributed by atoms with Gasteiger partial charge in [0.2, 0.25) is 5.88 Å². The Morgan fingerprint density at radius 3 is 2.51 bits per heavy atom. The molecule has 0 saturated heterocycles. The number of furan rings is 1. The largest absolute Gasteiger partial charge is 0.465 e. The van der Waals surface area contributed by atoms with E-state index in [1.54, 1.807) is 24.3 Å². The third-order valence-electron chi connectivity index (χ3n) is 5.12. The highest BCUT2D eigenvalue weighted by Crippen LogP contribution is 2.28. The fraction of sp³-hybridized carbons (Fsp3) is 0.115. The molecule has 2 aromatic carbocycles. The van der Waals surface area contributed by atoms with Crippen LogP contribution in [0.5, 0.6) is 0 Å². The van der Waals surface area contributed by atoms with E-state index in [1.807, 2.05) is 49.4 Å². The van der Waals surface area contributed by atoms with Crippen molar-refractivity contribution >= 4 is 29.3 Å². The lowest BCUT2D eigenvalue weighted by Crippen LogP contribution is -2.13. The molecule has 0 saturated carbocycles. The number of aryl methyl sites for hydroxylation is 2. The van der Waals surface area contributed by atoms with Gasteiger partial charge >= 0.3 is 5.97 Å². The summed E-state index contributed by atoms with van der Waals surface area (Å²) in [4.78, 5) is 33.8. The number of rotatable bonds is 6. The minimum atomic E-state index is -0.718. The van der Waals surface area contributed by atoms with Crippen molar-refractivity contribution in [3.63, 3.8) is 0 Å². The van der Waals surface area contributed by atoms with Crippen molar-refractivity contribution < 1.29 is 18.7 Å². The molecule has 9 nitrogen and oxygen atoms in total. The van der Waals surface area contributed by atoms with Crippen molar-refractivity contribution in [3.8, 4) is 17.3 Å². The summed E-state index contributed by atoms with van der Waals surface area (Å²) in [5.74, 6) is -0.00438. The fourth-order valence-corrected chi connectivity index (χ4v) is 3.54. The number of carbonyl (C=O) groups excluding carboxylic acids is 2. The van der Waals surface area contributed by atoms with Gasteiger partial charge in [0.15, 0.2) is 0 Å². The average molecular weight is 467 g/mol. The Kier molecular flexibility index (Phi) is 6.55. The molecule has 0 aliphatic heterocycles. The molecule has 0 aliphatic rings. The van der Waals surface area contributed by atoms with Crippen LogP contribution in [0.4, 0.5) is 17.4 Å². The van der Waals surface area contributed by atoms with Crippen LogP contribution in [0.15, 0.2) is 65.1 Å². The van der Waals surface area contributed by atoms with Crippen LogP contribution in [0.1, 0.15) is 37.9 Å². The monoisotopic (exact) mass is 467 g/mol. The number of benzene rings is 2. The maximum Gasteiger partial charge on any atom is 0.342 e. The molecule has 35 heavy (non-hydrogen) atoms. The summed E-state index contributed by atoms with van der Waals surface area (Å²) in [6.07, 6.45) is 0. The van der Waals surface area contributed by atoms with Crippen LogP contribution >= 0.6 is 0 Å². The molecule has 0 atom stereocenters. The Balaban J connectivity index is 1.57. The zero-order valence-electron chi connectivity index (χ0n) is 19.2. The van der Waals surface area contributed by atoms with Crippen molar-refractivity contribution in [2.24, 2.45) is 0 Å². The number of anilines is 3. The highest BCUT2D eigenvalue weighted by molar-refractivity contribution is 6.06. The summed E-state index contributed by atoms with van der Waals surface area (Å²) >= 11 is 0. The van der Waals surface area contributed by atoms with Gasteiger partial charge in [-0.2, -0.15) is 5.26 Å². The molecule has 9 heteroatoms. The molecule has 0 spiro atoms. The second-order valence-corrected chi connectivity index (χ2v) is 7.55. The average Bonchev–Trinajstić information content (AvgIpc) is 3.18. The number of nitriles is 1. The van der Waals surface area contributed by atoms with E-state index in [1.165, 1.54) is 14.0 Å². The van der Waals surface area contributed by atoms with Crippen LogP contribution < -0.4 is 10.6 Å². The normalized spacial score (nSPS) is 10.3. The molecule has 2 aromatic heterocycles. The molecule has 0 aliphatic carbocycles. The lowest BCUT2D eigenvalue weighted by Gasteiger charge is -2.10. The highest BCUT2D eigenvalue weighted by Gasteiger charge is 2.25. The van der Waals surface area contributed by atoms with Gasteiger partial charge in [-0.25, -0.2) is 14.8 Å². The molecule has 1 amide bonds. The highest BCUT2D eigenvalue weighted by atomic mass is 16.5. The number of amides is 1. The van der Waals surface area contributed by atoms with Gasteiger partial charge in [-0.1, -0.05) is 36.4 Å². The van der Waals surface area contributed by atoms with E-state index < -0.39 is 11.9 Å². The molecule has 4 aromatic rings. The standard InChI is InChI=1S/C26H21N5O4/c1-15-23(26(33)34-3)20(14-27)25(35-15)31-24(32)18-10-7-11-19(12-18)30-22-13-21(28-16(2)29-22)17-8-5-4-6-9-17/h4-13H,1-3H3,(H,31,32)(H,28,29,30). The van der Waals surface area contributed by atoms with Gasteiger partial charge in [0.25, 0.3) is 5.91 Å². The van der Waals surface area contributed by atoms with Gasteiger partial charge in [0.1, 0.15) is 34.6 Å². The first-order valence-electron chi connectivity index (χ1n) is 10.6. The summed E-state index contributed by atoms with van der Waals surface area (Å²) in [5.41, 5.74) is 2.55. The van der Waals surface area contributed by atoms with E-state index in [0.29, 0.717) is 22.9 Å². The van der Waals surface area contributed by atoms with E-state index in [4.69, 9.17) is 9.15 Å². The Morgan fingerprint density at radius 2 is 1.80 bits per heavy atom. The topological polar surface area (TPSA) is 130 Å². The van der Waals surface area contributed by atoms with Crippen molar-refractivity contribution in [2.75, 3.05) is 17.7 Å². The van der Waals surface area contributed by atoms with Crippen molar-refractivity contribution in [3.05, 3.63) is 88.9 Å². The molecular weight excluding hydrogens is 446 g/mol. The van der Waals surface area contributed by atoms with E-state index >= 15 is 0 Å². The Morgan fingerprint density at radius 1 is 1.03 bits per heavy atom. The van der Waals surface area contributed by atoms with Crippen LogP contribution in [0.3, 0.4) is 0 Å². The minimum Gasteiger partial charge on any atom is -0.465 e. The number of esters is 1. The predicted octanol–water partition coefficient (Wildman–Crippen LogP) is 5.01. The number of nitrogens with zero attached hydrogens (tertiary/aromatic N) is 3. The zero-order chi connectivity index (χ0) is 24.9. The Bertz CT molecular complexity index is 1450. The smallest absolute Gasteiger partial charge is 0.342 e. The number of nitrogens with one attached hydrogen (secondary N) is 2. The molecule has 0 radical (unpaired) electrons. The SMILES string of the molecule is COC(=O)c1c(C)oc(NC(=O)c2cccc(Nc3cc(-c4ccccc4)nc(C)n3)c2)c1C#N. The molecule has 2 N–H and O–H groups in total. The van der Waals surface area contributed by atoms with Crippen LogP contribution in [-0.2, 0) is 4.74 Å². The van der Waals surface area contributed by atoms with Crippen LogP contribution in [0.25, 0.3) is 11.3 Å². The summed E-state index contributed by atoms with van der Waals surface area (Å²) < 4.78 is 10.2. The molecule has 0 unspecified atom stereocenters. The van der Waals surface area contributed by atoms with E-state index in [2.05, 4.69) is 20.6 Å². The summed E-state index contributed by atoms with van der Waals surface area (Å²) in [6, 6.07) is 20.2. The number of carbonyl (C=O) groups is 2. The van der Waals surface area contributed by atoms with Crippen LogP contribution in [0.2, 0.25) is 0 Å². The van der Waals surface area contributed by atoms with Crippen molar-refractivity contribution in [1.82, 2.24) is 9.97 Å². The second kappa shape index (κ2) is 9.89. The first-order chi connectivity index (χ1) is 16.9. The Labute approximate surface area is 201 Å². The first-order valence-corrected chi connectivity index (χ1v) is 10.6. The summed E-state index contributed by atoms with van der Waals surface area (Å²) in [7, 11) is 1.20. The van der Waals surface area contributed by atoms with Gasteiger partial charge in [-0.15, -0.1) is 0 Å². The second-order valence-electron chi connectivity index (χ2n) is 7.55. The van der Waals surface area contributed by atoms with Crippen LogP contribution in [0, 0.1) is 25.2 Å². The fourth-order valence-electron chi connectivity index (χ4n) is 3.54. The zero-order valence-corrected chi connectivity index (χ0v) is 19.2. The van der Waals surface area contributed by atoms with Gasteiger partial charge < -0.3 is 14.5 Å². The number of ether oxygens (including phenoxy) is 1. The van der Waals surface area contributed by atoms with E-state index in [-0.39, 0.29) is 22.8 Å². The molecule has 2 heterocycles. The number of hydrogen-bond donors (Lipinski definition) is 2. The maximum atomic E-state index is 12.9. The van der Waals surface area contributed by atoms with Gasteiger partial charge in [0, 0.05) is 22.9 Å². The first kappa shape index (κ1) is 23.2. The molecule has 4 rings (SSSR count). The number of hydrogen-bond acceptors (Lipinski definition) is 8. The third-order valence-corrected chi connectivity index (χ3v) is 5.12. The Hall–Kier alpha value is -4.97. The number of methoxy groups -OCH3 is 1.